The van der Waals surface area contributed by atoms with E-state index < -0.39 is 0 Å². The van der Waals surface area contributed by atoms with Gasteiger partial charge in [-0.3, -0.25) is 4.79 Å². The van der Waals surface area contributed by atoms with Gasteiger partial charge in [0.05, 0.1) is 12.5 Å². The molecule has 138 valence electrons. The highest BCUT2D eigenvalue weighted by molar-refractivity contribution is 5.84. The number of nitrogens with zero attached hydrogens (tertiary/aromatic N) is 2. The normalized spacial score (nSPS) is 24.0. The predicted molar refractivity (Wildman–Crippen MR) is 101 cm³/mol. The molecule has 0 saturated carbocycles. The number of carbonyl (C=O) groups is 1. The summed E-state index contributed by atoms with van der Waals surface area (Å²) in [4.78, 5) is 17.5. The third-order valence-corrected chi connectivity index (χ3v) is 6.03. The van der Waals surface area contributed by atoms with E-state index in [2.05, 4.69) is 41.0 Å². The second-order valence-electron chi connectivity index (χ2n) is 7.56. The maximum absolute atomic E-state index is 12.9. The Morgan fingerprint density at radius 2 is 1.88 bits per heavy atom. The molecule has 1 amide bonds. The zero-order chi connectivity index (χ0) is 17.7. The number of hydrogen-bond acceptors (Lipinski definition) is 3. The van der Waals surface area contributed by atoms with Gasteiger partial charge in [0, 0.05) is 26.2 Å². The van der Waals surface area contributed by atoms with E-state index >= 15 is 0 Å². The molecule has 0 aromatic heterocycles. The van der Waals surface area contributed by atoms with E-state index in [0.29, 0.717) is 5.91 Å². The largest absolute Gasteiger partial charge is 0.380 e. The standard InChI is InChI=1S/C21H32N2O2/c1-3-23-17-21(10-12-22(13-11-21)14-15-25-4-2)16-19(20(23)24)18-8-6-5-7-9-18/h5-9,19H,3-4,10-17H2,1-2H3. The smallest absolute Gasteiger partial charge is 0.230 e. The predicted octanol–water partition coefficient (Wildman–Crippen LogP) is 3.14. The van der Waals surface area contributed by atoms with Gasteiger partial charge in [-0.05, 0) is 57.2 Å². The summed E-state index contributed by atoms with van der Waals surface area (Å²) in [5, 5.41) is 0. The fourth-order valence-electron chi connectivity index (χ4n) is 4.45. The molecule has 1 unspecified atom stereocenters. The van der Waals surface area contributed by atoms with Crippen LogP contribution in [-0.4, -0.2) is 61.6 Å². The van der Waals surface area contributed by atoms with Crippen molar-refractivity contribution >= 4 is 5.91 Å². The molecule has 0 radical (unpaired) electrons. The Morgan fingerprint density at radius 1 is 1.16 bits per heavy atom. The van der Waals surface area contributed by atoms with Gasteiger partial charge in [-0.2, -0.15) is 0 Å². The molecule has 2 heterocycles. The summed E-state index contributed by atoms with van der Waals surface area (Å²) in [5.74, 6) is 0.350. The molecule has 2 fully saturated rings. The van der Waals surface area contributed by atoms with E-state index in [-0.39, 0.29) is 11.3 Å². The molecule has 1 aromatic rings. The van der Waals surface area contributed by atoms with Crippen LogP contribution in [-0.2, 0) is 9.53 Å². The first kappa shape index (κ1) is 18.4. The number of rotatable bonds is 6. The highest BCUT2D eigenvalue weighted by atomic mass is 16.5. The number of carbonyl (C=O) groups excluding carboxylic acids is 1. The van der Waals surface area contributed by atoms with Crippen molar-refractivity contribution in [1.29, 1.82) is 0 Å². The number of likely N-dealkylation sites (N-methyl/N-ethyl adjacent to an activating group) is 1. The Labute approximate surface area is 152 Å². The lowest BCUT2D eigenvalue weighted by molar-refractivity contribution is -0.141. The maximum Gasteiger partial charge on any atom is 0.230 e. The van der Waals surface area contributed by atoms with Gasteiger partial charge in [0.15, 0.2) is 0 Å². The van der Waals surface area contributed by atoms with Crippen LogP contribution in [0.2, 0.25) is 0 Å². The van der Waals surface area contributed by atoms with Gasteiger partial charge in [-0.25, -0.2) is 0 Å². The monoisotopic (exact) mass is 344 g/mol. The molecule has 2 aliphatic heterocycles. The minimum atomic E-state index is 0.0323. The van der Waals surface area contributed by atoms with Crippen molar-refractivity contribution in [3.05, 3.63) is 35.9 Å². The molecule has 1 spiro atoms. The minimum Gasteiger partial charge on any atom is -0.380 e. The average molecular weight is 344 g/mol. The number of ether oxygens (including phenoxy) is 1. The lowest BCUT2D eigenvalue weighted by atomic mass is 9.67. The lowest BCUT2D eigenvalue weighted by Gasteiger charge is -2.49. The number of benzene rings is 1. The Bertz CT molecular complexity index is 552. The van der Waals surface area contributed by atoms with Crippen molar-refractivity contribution in [1.82, 2.24) is 9.80 Å². The second-order valence-corrected chi connectivity index (χ2v) is 7.56. The highest BCUT2D eigenvalue weighted by Crippen LogP contribution is 2.45. The topological polar surface area (TPSA) is 32.8 Å². The van der Waals surface area contributed by atoms with Crippen LogP contribution in [0.1, 0.15) is 44.6 Å². The van der Waals surface area contributed by atoms with E-state index in [1.54, 1.807) is 0 Å². The van der Waals surface area contributed by atoms with E-state index in [0.717, 1.165) is 52.4 Å². The van der Waals surface area contributed by atoms with Gasteiger partial charge in [0.2, 0.25) is 5.91 Å². The van der Waals surface area contributed by atoms with E-state index in [4.69, 9.17) is 4.74 Å². The van der Waals surface area contributed by atoms with Gasteiger partial charge in [0.25, 0.3) is 0 Å². The van der Waals surface area contributed by atoms with Crippen LogP contribution in [0.25, 0.3) is 0 Å². The Hall–Kier alpha value is -1.39. The molecule has 3 rings (SSSR count). The van der Waals surface area contributed by atoms with Crippen LogP contribution in [0.4, 0.5) is 0 Å². The van der Waals surface area contributed by atoms with E-state index in [1.807, 2.05) is 13.0 Å². The quantitative estimate of drug-likeness (QED) is 0.743. The summed E-state index contributed by atoms with van der Waals surface area (Å²) in [6.07, 6.45) is 3.38. The first-order valence-electron chi connectivity index (χ1n) is 9.81. The van der Waals surface area contributed by atoms with Gasteiger partial charge in [-0.15, -0.1) is 0 Å². The number of hydrogen-bond donors (Lipinski definition) is 0. The number of piperidine rings is 2. The van der Waals surface area contributed by atoms with E-state index in [9.17, 15) is 4.79 Å². The summed E-state index contributed by atoms with van der Waals surface area (Å²) >= 11 is 0. The molecule has 2 aliphatic rings. The van der Waals surface area contributed by atoms with E-state index in [1.165, 1.54) is 18.4 Å². The molecule has 0 bridgehead atoms. The van der Waals surface area contributed by atoms with Crippen molar-refractivity contribution in [2.24, 2.45) is 5.41 Å². The van der Waals surface area contributed by atoms with Gasteiger partial charge >= 0.3 is 0 Å². The summed E-state index contributed by atoms with van der Waals surface area (Å²) in [5.41, 5.74) is 1.47. The van der Waals surface area contributed by atoms with Crippen molar-refractivity contribution < 1.29 is 9.53 Å². The zero-order valence-corrected chi connectivity index (χ0v) is 15.7. The van der Waals surface area contributed by atoms with Crippen molar-refractivity contribution in [2.45, 2.75) is 39.0 Å². The van der Waals surface area contributed by atoms with Crippen LogP contribution in [0.3, 0.4) is 0 Å². The summed E-state index contributed by atoms with van der Waals surface area (Å²) in [6, 6.07) is 10.4. The molecule has 2 saturated heterocycles. The van der Waals surface area contributed by atoms with Crippen molar-refractivity contribution in [3.63, 3.8) is 0 Å². The van der Waals surface area contributed by atoms with Crippen LogP contribution in [0.15, 0.2) is 30.3 Å². The van der Waals surface area contributed by atoms with Crippen molar-refractivity contribution in [3.8, 4) is 0 Å². The van der Waals surface area contributed by atoms with Crippen LogP contribution in [0.5, 0.6) is 0 Å². The van der Waals surface area contributed by atoms with Gasteiger partial charge in [0.1, 0.15) is 0 Å². The summed E-state index contributed by atoms with van der Waals surface area (Å²) < 4.78 is 5.50. The Morgan fingerprint density at radius 3 is 2.52 bits per heavy atom. The highest BCUT2D eigenvalue weighted by Gasteiger charge is 2.45. The third kappa shape index (κ3) is 4.24. The molecule has 0 N–H and O–H groups in total. The Kier molecular flexibility index (Phi) is 6.13. The fourth-order valence-corrected chi connectivity index (χ4v) is 4.45. The maximum atomic E-state index is 12.9. The minimum absolute atomic E-state index is 0.0323. The summed E-state index contributed by atoms with van der Waals surface area (Å²) in [7, 11) is 0. The first-order chi connectivity index (χ1) is 12.2. The van der Waals surface area contributed by atoms with Gasteiger partial charge < -0.3 is 14.5 Å². The second kappa shape index (κ2) is 8.33. The Balaban J connectivity index is 1.68. The third-order valence-electron chi connectivity index (χ3n) is 6.03. The van der Waals surface area contributed by atoms with Crippen LogP contribution < -0.4 is 0 Å². The van der Waals surface area contributed by atoms with Crippen LogP contribution >= 0.6 is 0 Å². The molecular weight excluding hydrogens is 312 g/mol. The first-order valence-corrected chi connectivity index (χ1v) is 9.81. The number of amides is 1. The zero-order valence-electron chi connectivity index (χ0n) is 15.7. The average Bonchev–Trinajstić information content (AvgIpc) is 2.66. The molecule has 1 aromatic carbocycles. The van der Waals surface area contributed by atoms with Crippen LogP contribution in [0, 0.1) is 5.41 Å². The van der Waals surface area contributed by atoms with Crippen molar-refractivity contribution in [2.75, 3.05) is 45.9 Å². The molecule has 4 heteroatoms. The summed E-state index contributed by atoms with van der Waals surface area (Å²) in [6.45, 7) is 10.8. The fraction of sp³-hybridized carbons (Fsp3) is 0.667. The molecule has 0 aliphatic carbocycles. The lowest BCUT2D eigenvalue weighted by Crippen LogP contribution is -2.54. The molecule has 1 atom stereocenters. The molecule has 25 heavy (non-hydrogen) atoms. The van der Waals surface area contributed by atoms with Gasteiger partial charge in [-0.1, -0.05) is 30.3 Å². The number of likely N-dealkylation sites (tertiary alicyclic amines) is 2. The molecular formula is C21H32N2O2. The SMILES string of the molecule is CCOCCN1CCC2(CC1)CC(c1ccccc1)C(=O)N(CC)C2. The molecule has 4 nitrogen and oxygen atoms in total.